The van der Waals surface area contributed by atoms with Crippen LogP contribution in [0.5, 0.6) is 0 Å². The average Bonchev–Trinajstić information content (AvgIpc) is 2.00. The molecule has 2 atom stereocenters. The summed E-state index contributed by atoms with van der Waals surface area (Å²) in [7, 11) is 0. The number of aliphatic hydroxyl groups is 2. The summed E-state index contributed by atoms with van der Waals surface area (Å²) in [6, 6.07) is 0. The fourth-order valence-electron chi connectivity index (χ4n) is 0.967. The molecule has 2 N–H and O–H groups in total. The summed E-state index contributed by atoms with van der Waals surface area (Å²) in [5.74, 6) is 0.551. The minimum Gasteiger partial charge on any atom is -0.390 e. The Hall–Kier alpha value is 0.210. The first-order chi connectivity index (χ1) is 5.22. The SMILES string of the molecule is CCCC(O)C(O)CCCCl. The molecule has 0 bridgehead atoms. The zero-order chi connectivity index (χ0) is 8.69. The monoisotopic (exact) mass is 180 g/mol. The van der Waals surface area contributed by atoms with Gasteiger partial charge in [0, 0.05) is 5.88 Å². The van der Waals surface area contributed by atoms with E-state index in [0.717, 1.165) is 12.8 Å². The summed E-state index contributed by atoms with van der Waals surface area (Å²) in [5, 5.41) is 18.5. The molecule has 0 heterocycles. The van der Waals surface area contributed by atoms with Gasteiger partial charge in [0.15, 0.2) is 0 Å². The van der Waals surface area contributed by atoms with Crippen molar-refractivity contribution in [3.8, 4) is 0 Å². The van der Waals surface area contributed by atoms with Crippen molar-refractivity contribution < 1.29 is 10.2 Å². The Morgan fingerprint density at radius 3 is 2.18 bits per heavy atom. The van der Waals surface area contributed by atoms with Gasteiger partial charge in [0.1, 0.15) is 0 Å². The second kappa shape index (κ2) is 6.89. The van der Waals surface area contributed by atoms with Crippen molar-refractivity contribution in [3.63, 3.8) is 0 Å². The highest BCUT2D eigenvalue weighted by molar-refractivity contribution is 6.17. The highest BCUT2D eigenvalue weighted by Crippen LogP contribution is 2.08. The molecule has 0 aliphatic heterocycles. The van der Waals surface area contributed by atoms with E-state index in [-0.39, 0.29) is 0 Å². The molecule has 0 aliphatic carbocycles. The molecular weight excluding hydrogens is 164 g/mol. The van der Waals surface area contributed by atoms with Crippen molar-refractivity contribution in [3.05, 3.63) is 0 Å². The van der Waals surface area contributed by atoms with E-state index in [0.29, 0.717) is 18.7 Å². The normalized spacial score (nSPS) is 16.4. The van der Waals surface area contributed by atoms with Gasteiger partial charge < -0.3 is 10.2 Å². The third-order valence-electron chi connectivity index (χ3n) is 1.66. The van der Waals surface area contributed by atoms with Crippen LogP contribution in [0.1, 0.15) is 32.6 Å². The Bertz CT molecular complexity index is 88.2. The molecule has 0 aliphatic rings. The van der Waals surface area contributed by atoms with Crippen LogP contribution in [0.2, 0.25) is 0 Å². The van der Waals surface area contributed by atoms with Crippen molar-refractivity contribution in [2.75, 3.05) is 5.88 Å². The molecule has 0 aromatic heterocycles. The molecule has 68 valence electrons. The second-order valence-corrected chi connectivity index (χ2v) is 3.13. The van der Waals surface area contributed by atoms with Crippen molar-refractivity contribution in [1.29, 1.82) is 0 Å². The Kier molecular flexibility index (Phi) is 7.02. The minimum atomic E-state index is -0.589. The van der Waals surface area contributed by atoms with Gasteiger partial charge in [-0.1, -0.05) is 13.3 Å². The van der Waals surface area contributed by atoms with Crippen LogP contribution in [-0.4, -0.2) is 28.3 Å². The van der Waals surface area contributed by atoms with Crippen LogP contribution in [0.15, 0.2) is 0 Å². The molecule has 0 spiro atoms. The van der Waals surface area contributed by atoms with Crippen LogP contribution < -0.4 is 0 Å². The fraction of sp³-hybridized carbons (Fsp3) is 1.00. The molecule has 0 fully saturated rings. The number of hydrogen-bond donors (Lipinski definition) is 2. The number of halogens is 1. The standard InChI is InChI=1S/C8H17ClO2/c1-2-4-7(10)8(11)5-3-6-9/h7-8,10-11H,2-6H2,1H3. The van der Waals surface area contributed by atoms with E-state index in [2.05, 4.69) is 0 Å². The minimum absolute atomic E-state index is 0.551. The van der Waals surface area contributed by atoms with E-state index in [1.165, 1.54) is 0 Å². The molecule has 0 rings (SSSR count). The molecule has 3 heteroatoms. The van der Waals surface area contributed by atoms with Crippen LogP contribution in [0.3, 0.4) is 0 Å². The van der Waals surface area contributed by atoms with E-state index in [1.54, 1.807) is 0 Å². The first kappa shape index (κ1) is 11.2. The van der Waals surface area contributed by atoms with E-state index in [4.69, 9.17) is 11.6 Å². The Labute approximate surface area is 73.2 Å². The topological polar surface area (TPSA) is 40.5 Å². The maximum absolute atomic E-state index is 9.27. The van der Waals surface area contributed by atoms with Crippen LogP contribution in [0, 0.1) is 0 Å². The molecule has 0 saturated heterocycles. The molecular formula is C8H17ClO2. The molecule has 0 amide bonds. The zero-order valence-corrected chi connectivity index (χ0v) is 7.72. The lowest BCUT2D eigenvalue weighted by atomic mass is 10.1. The zero-order valence-electron chi connectivity index (χ0n) is 6.96. The molecule has 2 nitrogen and oxygen atoms in total. The van der Waals surface area contributed by atoms with Crippen molar-refractivity contribution >= 4 is 11.6 Å². The van der Waals surface area contributed by atoms with Gasteiger partial charge in [-0.15, -0.1) is 11.6 Å². The largest absolute Gasteiger partial charge is 0.390 e. The summed E-state index contributed by atoms with van der Waals surface area (Å²) >= 11 is 5.43. The first-order valence-electron chi connectivity index (χ1n) is 4.14. The third kappa shape index (κ3) is 5.48. The maximum Gasteiger partial charge on any atom is 0.0799 e. The van der Waals surface area contributed by atoms with E-state index in [9.17, 15) is 10.2 Å². The predicted octanol–water partition coefficient (Wildman–Crippen LogP) is 1.53. The highest BCUT2D eigenvalue weighted by Gasteiger charge is 2.13. The van der Waals surface area contributed by atoms with Gasteiger partial charge in [0.05, 0.1) is 12.2 Å². The fourth-order valence-corrected chi connectivity index (χ4v) is 1.12. The van der Waals surface area contributed by atoms with Gasteiger partial charge in [-0.2, -0.15) is 0 Å². The van der Waals surface area contributed by atoms with Crippen LogP contribution in [0.25, 0.3) is 0 Å². The summed E-state index contributed by atoms with van der Waals surface area (Å²) in [6.45, 7) is 1.98. The maximum atomic E-state index is 9.27. The number of hydrogen-bond acceptors (Lipinski definition) is 2. The lowest BCUT2D eigenvalue weighted by Crippen LogP contribution is -2.25. The molecule has 11 heavy (non-hydrogen) atoms. The molecule has 0 aromatic rings. The Balaban J connectivity index is 3.38. The van der Waals surface area contributed by atoms with E-state index in [1.807, 2.05) is 6.92 Å². The third-order valence-corrected chi connectivity index (χ3v) is 1.93. The van der Waals surface area contributed by atoms with Gasteiger partial charge >= 0.3 is 0 Å². The molecule has 0 aromatic carbocycles. The van der Waals surface area contributed by atoms with Gasteiger partial charge in [-0.25, -0.2) is 0 Å². The Morgan fingerprint density at radius 2 is 1.73 bits per heavy atom. The lowest BCUT2D eigenvalue weighted by molar-refractivity contribution is 0.00935. The van der Waals surface area contributed by atoms with Gasteiger partial charge in [0.25, 0.3) is 0 Å². The highest BCUT2D eigenvalue weighted by atomic mass is 35.5. The summed E-state index contributed by atoms with van der Waals surface area (Å²) < 4.78 is 0. The van der Waals surface area contributed by atoms with Gasteiger partial charge in [0.2, 0.25) is 0 Å². The van der Waals surface area contributed by atoms with E-state index < -0.39 is 12.2 Å². The molecule has 2 unspecified atom stereocenters. The quantitative estimate of drug-likeness (QED) is 0.609. The first-order valence-corrected chi connectivity index (χ1v) is 4.68. The number of alkyl halides is 1. The summed E-state index contributed by atoms with van der Waals surface area (Å²) in [4.78, 5) is 0. The molecule has 0 saturated carbocycles. The second-order valence-electron chi connectivity index (χ2n) is 2.75. The number of rotatable bonds is 6. The van der Waals surface area contributed by atoms with Crippen LogP contribution >= 0.6 is 11.6 Å². The van der Waals surface area contributed by atoms with E-state index >= 15 is 0 Å². The number of aliphatic hydroxyl groups excluding tert-OH is 2. The van der Waals surface area contributed by atoms with Crippen LogP contribution in [-0.2, 0) is 0 Å². The van der Waals surface area contributed by atoms with Crippen molar-refractivity contribution in [2.45, 2.75) is 44.8 Å². The summed E-state index contributed by atoms with van der Waals surface area (Å²) in [6.07, 6.45) is 1.79. The molecule has 0 radical (unpaired) electrons. The predicted molar refractivity (Wildman–Crippen MR) is 46.9 cm³/mol. The average molecular weight is 181 g/mol. The van der Waals surface area contributed by atoms with Gasteiger partial charge in [-0.05, 0) is 19.3 Å². The smallest absolute Gasteiger partial charge is 0.0799 e. The Morgan fingerprint density at radius 1 is 1.18 bits per heavy atom. The van der Waals surface area contributed by atoms with Crippen LogP contribution in [0.4, 0.5) is 0 Å². The lowest BCUT2D eigenvalue weighted by Gasteiger charge is -2.15. The van der Waals surface area contributed by atoms with Gasteiger partial charge in [-0.3, -0.25) is 0 Å². The van der Waals surface area contributed by atoms with Crippen molar-refractivity contribution in [2.24, 2.45) is 0 Å². The van der Waals surface area contributed by atoms with Crippen molar-refractivity contribution in [1.82, 2.24) is 0 Å². The summed E-state index contributed by atoms with van der Waals surface area (Å²) in [5.41, 5.74) is 0.